The summed E-state index contributed by atoms with van der Waals surface area (Å²) in [6, 6.07) is 0. The van der Waals surface area contributed by atoms with Crippen LogP contribution >= 0.6 is 0 Å². The Morgan fingerprint density at radius 2 is 1.56 bits per heavy atom. The van der Waals surface area contributed by atoms with E-state index in [2.05, 4.69) is 0 Å². The van der Waals surface area contributed by atoms with Gasteiger partial charge in [-0.1, -0.05) is 0 Å². The molecule has 0 heterocycles. The number of allylic oxidation sites excluding steroid dienone is 1. The van der Waals surface area contributed by atoms with Crippen LogP contribution in [0.5, 0.6) is 0 Å². The summed E-state index contributed by atoms with van der Waals surface area (Å²) in [5.74, 6) is 2.87. The highest BCUT2D eigenvalue weighted by Gasteiger charge is 2.59. The first kappa shape index (κ1) is 11.1. The number of rotatable bonds is 1. The number of hydrogen-bond acceptors (Lipinski definition) is 2. The Bertz CT molecular complexity index is 399. The molecule has 2 N–H and O–H groups in total. The minimum Gasteiger partial charge on any atom is -0.508 e. The van der Waals surface area contributed by atoms with Crippen molar-refractivity contribution in [2.75, 3.05) is 0 Å². The topological polar surface area (TPSA) is 40.5 Å². The van der Waals surface area contributed by atoms with E-state index in [1.54, 1.807) is 12.2 Å². The van der Waals surface area contributed by atoms with E-state index in [0.29, 0.717) is 12.2 Å². The van der Waals surface area contributed by atoms with Gasteiger partial charge in [-0.3, -0.25) is 0 Å². The Morgan fingerprint density at radius 1 is 1.00 bits per heavy atom. The maximum absolute atomic E-state index is 11.1. The molecule has 98 valence electrons. The molecule has 4 saturated carbocycles. The van der Waals surface area contributed by atoms with Crippen molar-refractivity contribution in [3.63, 3.8) is 0 Å². The molecule has 0 aromatic heterocycles. The minimum atomic E-state index is -0.699. The Hall–Kier alpha value is -0.760. The van der Waals surface area contributed by atoms with Gasteiger partial charge in [0.15, 0.2) is 0 Å². The molecule has 0 amide bonds. The summed E-state index contributed by atoms with van der Waals surface area (Å²) >= 11 is 0. The zero-order chi connectivity index (χ0) is 12.4. The molecule has 4 bridgehead atoms. The lowest BCUT2D eigenvalue weighted by Gasteiger charge is -2.61. The van der Waals surface area contributed by atoms with Crippen LogP contribution in [-0.4, -0.2) is 15.8 Å². The third-order valence-electron chi connectivity index (χ3n) is 6.11. The molecule has 0 saturated heterocycles. The zero-order valence-electron chi connectivity index (χ0n) is 10.8. The Kier molecular flexibility index (Phi) is 2.10. The number of aliphatic hydroxyl groups excluding tert-OH is 1. The van der Waals surface area contributed by atoms with Gasteiger partial charge in [-0.05, 0) is 74.5 Å². The van der Waals surface area contributed by atoms with E-state index in [4.69, 9.17) is 0 Å². The highest BCUT2D eigenvalue weighted by Crippen LogP contribution is 2.64. The van der Waals surface area contributed by atoms with Gasteiger partial charge in [0, 0.05) is 11.8 Å². The van der Waals surface area contributed by atoms with Crippen LogP contribution in [0, 0.1) is 23.2 Å². The van der Waals surface area contributed by atoms with Crippen LogP contribution in [-0.2, 0) is 0 Å². The molecule has 0 aliphatic heterocycles. The lowest BCUT2D eigenvalue weighted by atomic mass is 9.44. The van der Waals surface area contributed by atoms with Gasteiger partial charge >= 0.3 is 0 Å². The summed E-state index contributed by atoms with van der Waals surface area (Å²) in [5, 5.41) is 20.6. The Balaban J connectivity index is 1.70. The summed E-state index contributed by atoms with van der Waals surface area (Å²) in [5.41, 5.74) is -0.593. The summed E-state index contributed by atoms with van der Waals surface area (Å²) in [4.78, 5) is 0. The van der Waals surface area contributed by atoms with Crippen molar-refractivity contribution in [1.82, 2.24) is 0 Å². The van der Waals surface area contributed by atoms with E-state index in [9.17, 15) is 10.2 Å². The van der Waals surface area contributed by atoms with Crippen LogP contribution in [0.1, 0.15) is 44.9 Å². The quantitative estimate of drug-likeness (QED) is 0.745. The average Bonchev–Trinajstić information content (AvgIpc) is 2.31. The SMILES string of the molecule is OC1=CCC(O)(C23CC4CC(CC(C4)C2)C3)C=C1. The maximum Gasteiger partial charge on any atom is 0.111 e. The van der Waals surface area contributed by atoms with Crippen LogP contribution in [0.15, 0.2) is 24.0 Å². The highest BCUT2D eigenvalue weighted by atomic mass is 16.3. The smallest absolute Gasteiger partial charge is 0.111 e. The molecule has 2 heteroatoms. The fraction of sp³-hybridized carbons (Fsp3) is 0.750. The molecule has 1 atom stereocenters. The van der Waals surface area contributed by atoms with Crippen molar-refractivity contribution in [3.05, 3.63) is 24.0 Å². The molecule has 1 unspecified atom stereocenters. The van der Waals surface area contributed by atoms with Crippen LogP contribution < -0.4 is 0 Å². The molecule has 5 rings (SSSR count). The molecule has 0 aromatic rings. The van der Waals surface area contributed by atoms with Gasteiger partial charge in [0.25, 0.3) is 0 Å². The van der Waals surface area contributed by atoms with E-state index in [1.165, 1.54) is 38.5 Å². The highest BCUT2D eigenvalue weighted by molar-refractivity contribution is 5.27. The lowest BCUT2D eigenvalue weighted by molar-refractivity contribution is -0.155. The van der Waals surface area contributed by atoms with E-state index in [-0.39, 0.29) is 5.41 Å². The van der Waals surface area contributed by atoms with Gasteiger partial charge in [0.2, 0.25) is 0 Å². The third kappa shape index (κ3) is 1.38. The molecule has 18 heavy (non-hydrogen) atoms. The first-order chi connectivity index (χ1) is 8.59. The molecule has 5 aliphatic rings. The predicted molar refractivity (Wildman–Crippen MR) is 70.0 cm³/mol. The normalized spacial score (nSPS) is 53.6. The first-order valence-electron chi connectivity index (χ1n) is 7.39. The van der Waals surface area contributed by atoms with Gasteiger partial charge in [-0.25, -0.2) is 0 Å². The third-order valence-corrected chi connectivity index (χ3v) is 6.11. The van der Waals surface area contributed by atoms with Gasteiger partial charge in [0.05, 0.1) is 5.60 Å². The second-order valence-corrected chi connectivity index (χ2v) is 7.29. The predicted octanol–water partition coefficient (Wildman–Crippen LogP) is 3.34. The monoisotopic (exact) mass is 246 g/mol. The van der Waals surface area contributed by atoms with Crippen LogP contribution in [0.2, 0.25) is 0 Å². The van der Waals surface area contributed by atoms with Crippen molar-refractivity contribution < 1.29 is 10.2 Å². The average molecular weight is 246 g/mol. The minimum absolute atomic E-state index is 0.107. The van der Waals surface area contributed by atoms with Crippen molar-refractivity contribution in [1.29, 1.82) is 0 Å². The molecule has 0 aromatic carbocycles. The molecular weight excluding hydrogens is 224 g/mol. The fourth-order valence-corrected chi connectivity index (χ4v) is 5.65. The Labute approximate surface area is 108 Å². The van der Waals surface area contributed by atoms with Gasteiger partial charge < -0.3 is 10.2 Å². The molecule has 0 spiro atoms. The Morgan fingerprint density at radius 3 is 2.00 bits per heavy atom. The summed E-state index contributed by atoms with van der Waals surface area (Å²) < 4.78 is 0. The van der Waals surface area contributed by atoms with Crippen molar-refractivity contribution in [3.8, 4) is 0 Å². The van der Waals surface area contributed by atoms with Crippen molar-refractivity contribution in [2.45, 2.75) is 50.5 Å². The van der Waals surface area contributed by atoms with E-state index in [1.807, 2.05) is 6.08 Å². The lowest BCUT2D eigenvalue weighted by Crippen LogP contribution is -2.57. The molecular formula is C16H22O2. The first-order valence-corrected chi connectivity index (χ1v) is 7.39. The van der Waals surface area contributed by atoms with Gasteiger partial charge in [-0.2, -0.15) is 0 Å². The van der Waals surface area contributed by atoms with Crippen molar-refractivity contribution in [2.24, 2.45) is 23.2 Å². The second-order valence-electron chi connectivity index (χ2n) is 7.29. The van der Waals surface area contributed by atoms with Gasteiger partial charge in [0.1, 0.15) is 5.76 Å². The fourth-order valence-electron chi connectivity index (χ4n) is 5.65. The number of aliphatic hydroxyl groups is 2. The van der Waals surface area contributed by atoms with Gasteiger partial charge in [-0.15, -0.1) is 0 Å². The molecule has 4 fully saturated rings. The molecule has 5 aliphatic carbocycles. The van der Waals surface area contributed by atoms with Crippen molar-refractivity contribution >= 4 is 0 Å². The van der Waals surface area contributed by atoms with E-state index in [0.717, 1.165) is 17.8 Å². The second kappa shape index (κ2) is 3.41. The van der Waals surface area contributed by atoms with E-state index >= 15 is 0 Å². The van der Waals surface area contributed by atoms with Crippen LogP contribution in [0.25, 0.3) is 0 Å². The molecule has 2 nitrogen and oxygen atoms in total. The van der Waals surface area contributed by atoms with E-state index < -0.39 is 5.60 Å². The molecule has 0 radical (unpaired) electrons. The number of hydrogen-bond donors (Lipinski definition) is 2. The zero-order valence-corrected chi connectivity index (χ0v) is 10.8. The maximum atomic E-state index is 11.1. The largest absolute Gasteiger partial charge is 0.508 e. The van der Waals surface area contributed by atoms with Crippen LogP contribution in [0.3, 0.4) is 0 Å². The summed E-state index contributed by atoms with van der Waals surface area (Å²) in [7, 11) is 0. The van der Waals surface area contributed by atoms with Crippen LogP contribution in [0.4, 0.5) is 0 Å². The summed E-state index contributed by atoms with van der Waals surface area (Å²) in [6.07, 6.45) is 13.8. The standard InChI is InChI=1S/C16H22O2/c17-14-1-3-16(18,4-2-14)15-8-11-5-12(9-15)7-13(6-11)10-15/h1-3,11-13,17-18H,4-10H2. The summed E-state index contributed by atoms with van der Waals surface area (Å²) in [6.45, 7) is 0.